The molecular weight excluding hydrogens is 152 g/mol. The van der Waals surface area contributed by atoms with Gasteiger partial charge in [-0.05, 0) is 18.3 Å². The van der Waals surface area contributed by atoms with E-state index in [0.29, 0.717) is 5.92 Å². The molecule has 0 saturated heterocycles. The molecule has 0 unspecified atom stereocenters. The summed E-state index contributed by atoms with van der Waals surface area (Å²) >= 11 is 0. The lowest BCUT2D eigenvalue weighted by atomic mass is 9.88. The smallest absolute Gasteiger partial charge is 0.0804 e. The first-order valence-corrected chi connectivity index (χ1v) is 4.03. The number of hydrogen-bond donors (Lipinski definition) is 2. The maximum atomic E-state index is 9.32. The van der Waals surface area contributed by atoms with Crippen molar-refractivity contribution in [2.75, 3.05) is 6.61 Å². The van der Waals surface area contributed by atoms with Crippen LogP contribution in [0.1, 0.15) is 27.7 Å². The third kappa shape index (κ3) is 4.52. The molecule has 2 N–H and O–H groups in total. The van der Waals surface area contributed by atoms with E-state index in [1.165, 1.54) is 0 Å². The molecule has 0 radical (unpaired) electrons. The molecule has 0 rings (SSSR count). The van der Waals surface area contributed by atoms with Crippen LogP contribution in [0.5, 0.6) is 0 Å². The van der Waals surface area contributed by atoms with Crippen LogP contribution in [0.3, 0.4) is 0 Å². The van der Waals surface area contributed by atoms with Gasteiger partial charge in [-0.1, -0.05) is 27.4 Å². The normalized spacial score (nSPS) is 15.1. The van der Waals surface area contributed by atoms with E-state index in [2.05, 4.69) is 6.58 Å². The van der Waals surface area contributed by atoms with Crippen LogP contribution in [0, 0.1) is 11.8 Å². The summed E-state index contributed by atoms with van der Waals surface area (Å²) in [4.78, 5) is 0. The first-order valence-electron chi connectivity index (χ1n) is 4.03. The molecule has 0 fully saturated rings. The van der Waals surface area contributed by atoms with Gasteiger partial charge in [0, 0.05) is 0 Å². The largest absolute Gasteiger partial charge is 0.394 e. The summed E-state index contributed by atoms with van der Waals surface area (Å²) in [7, 11) is 0. The first kappa shape index (κ1) is 14.2. The Kier molecular flexibility index (Phi) is 8.66. The first-order chi connectivity index (χ1) is 5.13. The molecule has 0 aromatic carbocycles. The van der Waals surface area contributed by atoms with Crippen LogP contribution in [0.25, 0.3) is 0 Å². The molecule has 0 aliphatic heterocycles. The standard InChI is InChI=1S/C9H18O2.CH4/c1-4-5-8(7(2)3)9(11)6-10;/h4,7-11H,1,5-6H2,2-3H3;1H4/t8-,9-;/m1./s1. The highest BCUT2D eigenvalue weighted by Crippen LogP contribution is 2.19. The lowest BCUT2D eigenvalue weighted by Gasteiger charge is -2.23. The topological polar surface area (TPSA) is 40.5 Å². The Hall–Kier alpha value is -0.340. The van der Waals surface area contributed by atoms with Gasteiger partial charge in [0.25, 0.3) is 0 Å². The fourth-order valence-corrected chi connectivity index (χ4v) is 1.20. The average Bonchev–Trinajstić information content (AvgIpc) is 1.98. The molecule has 0 bridgehead atoms. The third-order valence-electron chi connectivity index (χ3n) is 1.98. The SMILES string of the molecule is C.C=CC[C@H](C(C)C)[C@H](O)CO. The lowest BCUT2D eigenvalue weighted by Crippen LogP contribution is -2.27. The average molecular weight is 174 g/mol. The van der Waals surface area contributed by atoms with Crippen LogP contribution in [-0.2, 0) is 0 Å². The molecule has 2 atom stereocenters. The molecule has 2 nitrogen and oxygen atoms in total. The molecule has 0 aliphatic carbocycles. The number of allylic oxidation sites excluding steroid dienone is 1. The maximum Gasteiger partial charge on any atom is 0.0804 e. The van der Waals surface area contributed by atoms with Gasteiger partial charge in [0.05, 0.1) is 12.7 Å². The fraction of sp³-hybridized carbons (Fsp3) is 0.800. The van der Waals surface area contributed by atoms with E-state index in [1.54, 1.807) is 6.08 Å². The second-order valence-corrected chi connectivity index (χ2v) is 3.18. The molecule has 2 heteroatoms. The van der Waals surface area contributed by atoms with Crippen molar-refractivity contribution >= 4 is 0 Å². The van der Waals surface area contributed by atoms with Gasteiger partial charge in [-0.25, -0.2) is 0 Å². The minimum atomic E-state index is -0.604. The van der Waals surface area contributed by atoms with E-state index in [9.17, 15) is 5.11 Å². The van der Waals surface area contributed by atoms with E-state index in [1.807, 2.05) is 13.8 Å². The van der Waals surface area contributed by atoms with Crippen molar-refractivity contribution < 1.29 is 10.2 Å². The molecule has 0 aromatic rings. The number of aliphatic hydroxyl groups excluding tert-OH is 2. The summed E-state index contributed by atoms with van der Waals surface area (Å²) in [5, 5.41) is 18.0. The molecule has 0 saturated carbocycles. The van der Waals surface area contributed by atoms with Crippen molar-refractivity contribution in [3.8, 4) is 0 Å². The molecule has 74 valence electrons. The predicted octanol–water partition coefficient (Wildman–Crippen LogP) is 1.82. The van der Waals surface area contributed by atoms with Gasteiger partial charge in [0.15, 0.2) is 0 Å². The highest BCUT2D eigenvalue weighted by molar-refractivity contribution is 4.79. The number of hydrogen-bond acceptors (Lipinski definition) is 2. The fourth-order valence-electron chi connectivity index (χ4n) is 1.20. The van der Waals surface area contributed by atoms with Crippen molar-refractivity contribution in [1.82, 2.24) is 0 Å². The highest BCUT2D eigenvalue weighted by Gasteiger charge is 2.19. The van der Waals surface area contributed by atoms with Crippen LogP contribution in [-0.4, -0.2) is 22.9 Å². The van der Waals surface area contributed by atoms with Gasteiger partial charge in [0.2, 0.25) is 0 Å². The van der Waals surface area contributed by atoms with E-state index in [4.69, 9.17) is 5.11 Å². The summed E-state index contributed by atoms with van der Waals surface area (Å²) in [6.07, 6.45) is 1.94. The summed E-state index contributed by atoms with van der Waals surface area (Å²) in [5.74, 6) is 0.521. The molecule has 0 aromatic heterocycles. The van der Waals surface area contributed by atoms with Gasteiger partial charge in [0.1, 0.15) is 0 Å². The molecule has 0 spiro atoms. The molecular formula is C10H22O2. The zero-order chi connectivity index (χ0) is 8.85. The quantitative estimate of drug-likeness (QED) is 0.624. The van der Waals surface area contributed by atoms with Gasteiger partial charge in [-0.3, -0.25) is 0 Å². The van der Waals surface area contributed by atoms with Crippen molar-refractivity contribution in [1.29, 1.82) is 0 Å². The number of aliphatic hydroxyl groups is 2. The van der Waals surface area contributed by atoms with E-state index >= 15 is 0 Å². The van der Waals surface area contributed by atoms with Crippen LogP contribution in [0.4, 0.5) is 0 Å². The molecule has 0 amide bonds. The van der Waals surface area contributed by atoms with Gasteiger partial charge >= 0.3 is 0 Å². The van der Waals surface area contributed by atoms with Crippen LogP contribution < -0.4 is 0 Å². The van der Waals surface area contributed by atoms with E-state index in [-0.39, 0.29) is 20.0 Å². The Labute approximate surface area is 75.9 Å². The summed E-state index contributed by atoms with van der Waals surface area (Å²) in [6.45, 7) is 7.52. The van der Waals surface area contributed by atoms with Crippen molar-refractivity contribution in [3.05, 3.63) is 12.7 Å². The van der Waals surface area contributed by atoms with E-state index in [0.717, 1.165) is 6.42 Å². The Morgan fingerprint density at radius 2 is 1.92 bits per heavy atom. The molecule has 0 heterocycles. The monoisotopic (exact) mass is 174 g/mol. The summed E-state index contributed by atoms with van der Waals surface area (Å²) < 4.78 is 0. The zero-order valence-electron chi connectivity index (χ0n) is 7.33. The Morgan fingerprint density at radius 3 is 2.17 bits per heavy atom. The van der Waals surface area contributed by atoms with Crippen LogP contribution >= 0.6 is 0 Å². The van der Waals surface area contributed by atoms with E-state index < -0.39 is 6.10 Å². The third-order valence-corrected chi connectivity index (χ3v) is 1.98. The molecule has 12 heavy (non-hydrogen) atoms. The second kappa shape index (κ2) is 7.32. The second-order valence-electron chi connectivity index (χ2n) is 3.18. The van der Waals surface area contributed by atoms with Gasteiger partial charge in [-0.2, -0.15) is 0 Å². The van der Waals surface area contributed by atoms with Crippen molar-refractivity contribution in [3.63, 3.8) is 0 Å². The summed E-state index contributed by atoms with van der Waals surface area (Å²) in [6, 6.07) is 0. The maximum absolute atomic E-state index is 9.32. The van der Waals surface area contributed by atoms with Crippen LogP contribution in [0.2, 0.25) is 0 Å². The number of rotatable bonds is 5. The van der Waals surface area contributed by atoms with Crippen LogP contribution in [0.15, 0.2) is 12.7 Å². The lowest BCUT2D eigenvalue weighted by molar-refractivity contribution is 0.0303. The molecule has 0 aliphatic rings. The van der Waals surface area contributed by atoms with Gasteiger partial charge in [-0.15, -0.1) is 6.58 Å². The van der Waals surface area contributed by atoms with Gasteiger partial charge < -0.3 is 10.2 Å². The minimum Gasteiger partial charge on any atom is -0.394 e. The Morgan fingerprint density at radius 1 is 1.42 bits per heavy atom. The summed E-state index contributed by atoms with van der Waals surface area (Å²) in [5.41, 5.74) is 0. The van der Waals surface area contributed by atoms with Crippen molar-refractivity contribution in [2.24, 2.45) is 11.8 Å². The Bertz CT molecular complexity index is 110. The zero-order valence-corrected chi connectivity index (χ0v) is 7.33. The predicted molar refractivity (Wildman–Crippen MR) is 53.0 cm³/mol. The highest BCUT2D eigenvalue weighted by atomic mass is 16.3. The van der Waals surface area contributed by atoms with Crippen molar-refractivity contribution in [2.45, 2.75) is 33.8 Å². The minimum absolute atomic E-state index is 0. The Balaban J connectivity index is 0.